The Kier molecular flexibility index (Phi) is 25.4. The van der Waals surface area contributed by atoms with Gasteiger partial charge >= 0.3 is 35.5 Å². The van der Waals surface area contributed by atoms with Crippen LogP contribution >= 0.6 is 0 Å². The number of benzene rings is 2. The number of carbonyl (C=O) groups is 2. The first kappa shape index (κ1) is 40.5. The van der Waals surface area contributed by atoms with E-state index in [2.05, 4.69) is 31.3 Å². The average Bonchev–Trinajstić information content (AvgIpc) is 2.91. The molecule has 8 heteroatoms. The first-order valence-electron chi connectivity index (χ1n) is 14.6. The molecule has 0 spiro atoms. The van der Waals surface area contributed by atoms with Crippen molar-refractivity contribution >= 4 is 22.7 Å². The number of aliphatic hydroxyl groups is 1. The zero-order chi connectivity index (χ0) is 29.6. The van der Waals surface area contributed by atoms with E-state index in [1.165, 1.54) is 0 Å². The van der Waals surface area contributed by atoms with Gasteiger partial charge in [-0.1, -0.05) is 104 Å². The van der Waals surface area contributed by atoms with Crippen molar-refractivity contribution in [2.75, 3.05) is 13.2 Å². The maximum atomic E-state index is 10.5. The van der Waals surface area contributed by atoms with Gasteiger partial charge in [-0.2, -0.15) is 0 Å². The Balaban J connectivity index is 0. The molecule has 0 heterocycles. The van der Waals surface area contributed by atoms with Gasteiger partial charge in [-0.25, -0.2) is 0 Å². The van der Waals surface area contributed by atoms with Gasteiger partial charge in [-0.15, -0.1) is 0 Å². The topological polar surface area (TPSA) is 119 Å². The van der Waals surface area contributed by atoms with Crippen molar-refractivity contribution in [1.82, 2.24) is 5.32 Å². The number of aliphatic hydroxyl groups excluding tert-OH is 1. The van der Waals surface area contributed by atoms with Crippen LogP contribution in [0.3, 0.4) is 0 Å². The fourth-order valence-electron chi connectivity index (χ4n) is 4.10. The van der Waals surface area contributed by atoms with Crippen molar-refractivity contribution in [3.8, 4) is 5.75 Å². The first-order valence-corrected chi connectivity index (χ1v) is 14.6. The smallest absolute Gasteiger partial charge is 0.550 e. The summed E-state index contributed by atoms with van der Waals surface area (Å²) in [5.41, 5.74) is 0. The molecule has 0 aliphatic heterocycles. The number of ether oxygens (including phenoxy) is 1. The maximum absolute atomic E-state index is 10.5. The number of rotatable bonds is 16. The molecule has 2 aromatic rings. The Morgan fingerprint density at radius 3 is 1.82 bits per heavy atom. The van der Waals surface area contributed by atoms with Gasteiger partial charge in [-0.05, 0) is 43.1 Å². The third-order valence-corrected chi connectivity index (χ3v) is 6.17. The van der Waals surface area contributed by atoms with Gasteiger partial charge in [-0.3, -0.25) is 4.79 Å². The van der Waals surface area contributed by atoms with Crippen LogP contribution < -0.4 is 44.7 Å². The third-order valence-electron chi connectivity index (χ3n) is 6.17. The molecule has 0 bridgehead atoms. The molecule has 0 aliphatic carbocycles. The number of nitrogens with one attached hydrogen (secondary N) is 1. The maximum Gasteiger partial charge on any atom is 1.00 e. The minimum Gasteiger partial charge on any atom is -0.550 e. The van der Waals surface area contributed by atoms with E-state index in [1.807, 2.05) is 58.0 Å². The molecule has 0 saturated heterocycles. The van der Waals surface area contributed by atoms with Gasteiger partial charge in [0.1, 0.15) is 18.5 Å². The predicted octanol–water partition coefficient (Wildman–Crippen LogP) is 2.82. The summed E-state index contributed by atoms with van der Waals surface area (Å²) < 4.78 is 5.72. The van der Waals surface area contributed by atoms with Crippen LogP contribution in [0.2, 0.25) is 0 Å². The number of fused-ring (bicyclic) bond motifs is 1. The van der Waals surface area contributed by atoms with Crippen molar-refractivity contribution in [1.29, 1.82) is 0 Å². The van der Waals surface area contributed by atoms with Crippen LogP contribution in [0.5, 0.6) is 5.75 Å². The zero-order valence-corrected chi connectivity index (χ0v) is 27.9. The van der Waals surface area contributed by atoms with Crippen molar-refractivity contribution in [3.05, 3.63) is 42.5 Å². The van der Waals surface area contributed by atoms with Crippen LogP contribution in [0.15, 0.2) is 42.5 Å². The van der Waals surface area contributed by atoms with Crippen LogP contribution in [0.1, 0.15) is 92.9 Å². The summed E-state index contributed by atoms with van der Waals surface area (Å²) in [7, 11) is 0. The molecular weight excluding hydrogens is 517 g/mol. The van der Waals surface area contributed by atoms with Crippen molar-refractivity contribution in [2.45, 2.75) is 105 Å². The second-order valence-electron chi connectivity index (χ2n) is 10.2. The molecule has 2 rings (SSSR count). The molecule has 40 heavy (non-hydrogen) atoms. The molecule has 222 valence electrons. The van der Waals surface area contributed by atoms with Crippen LogP contribution in [0.4, 0.5) is 0 Å². The Bertz CT molecular complexity index is 880. The first-order chi connectivity index (χ1) is 18.6. The molecule has 1 unspecified atom stereocenters. The van der Waals surface area contributed by atoms with Crippen molar-refractivity contribution in [2.24, 2.45) is 11.8 Å². The molecule has 0 amide bonds. The van der Waals surface area contributed by atoms with Crippen LogP contribution in [-0.4, -0.2) is 47.4 Å². The van der Waals surface area contributed by atoms with E-state index in [9.17, 15) is 19.8 Å². The summed E-state index contributed by atoms with van der Waals surface area (Å²) in [4.78, 5) is 20.8. The molecule has 0 aliphatic rings. The molecule has 3 N–H and O–H groups in total. The number of aliphatic carboxylic acids is 2. The van der Waals surface area contributed by atoms with Gasteiger partial charge in [0.2, 0.25) is 0 Å². The van der Waals surface area contributed by atoms with E-state index in [1.54, 1.807) is 0 Å². The van der Waals surface area contributed by atoms with E-state index >= 15 is 0 Å². The summed E-state index contributed by atoms with van der Waals surface area (Å²) in [5.74, 6) is -1.01. The van der Waals surface area contributed by atoms with E-state index in [0.29, 0.717) is 19.2 Å². The number of carboxylic acids is 2. The Labute approximate surface area is 264 Å². The molecule has 1 atom stereocenters. The second kappa shape index (κ2) is 25.1. The minimum absolute atomic E-state index is 0. The molecule has 0 radical (unpaired) electrons. The quantitative estimate of drug-likeness (QED) is 0.266. The summed E-state index contributed by atoms with van der Waals surface area (Å²) in [6, 6.07) is 14.4. The van der Waals surface area contributed by atoms with E-state index in [0.717, 1.165) is 67.9 Å². The Morgan fingerprint density at radius 1 is 0.850 bits per heavy atom. The SMILES string of the molecule is CC(C)NCC(O)COc1cccc2ccccc12.CCCC(CCC)C(=O)O.CCCC(CCC)C(=O)[O-].[Na+]. The van der Waals surface area contributed by atoms with Gasteiger partial charge < -0.3 is 30.2 Å². The summed E-state index contributed by atoms with van der Waals surface area (Å²) in [6.07, 6.45) is 6.46. The Morgan fingerprint density at radius 2 is 1.35 bits per heavy atom. The largest absolute Gasteiger partial charge is 1.00 e. The van der Waals surface area contributed by atoms with Crippen LogP contribution in [0, 0.1) is 11.8 Å². The fraction of sp³-hybridized carbons (Fsp3) is 0.625. The molecule has 2 aromatic carbocycles. The monoisotopic (exact) mass is 569 g/mol. The normalized spacial score (nSPS) is 11.2. The zero-order valence-electron chi connectivity index (χ0n) is 25.9. The average molecular weight is 570 g/mol. The number of carbonyl (C=O) groups excluding carboxylic acids is 1. The van der Waals surface area contributed by atoms with Gasteiger partial charge in [0.25, 0.3) is 0 Å². The third kappa shape index (κ3) is 18.7. The molecular formula is C32H52NNaO6. The van der Waals surface area contributed by atoms with Gasteiger partial charge in [0.05, 0.1) is 5.92 Å². The Hall–Kier alpha value is -1.64. The van der Waals surface area contributed by atoms with Gasteiger partial charge in [0, 0.05) is 23.9 Å². The molecule has 7 nitrogen and oxygen atoms in total. The second-order valence-corrected chi connectivity index (χ2v) is 10.2. The van der Waals surface area contributed by atoms with Crippen LogP contribution in [0.25, 0.3) is 10.8 Å². The molecule has 0 aromatic heterocycles. The number of hydrogen-bond acceptors (Lipinski definition) is 6. The summed E-state index contributed by atoms with van der Waals surface area (Å²) >= 11 is 0. The molecule has 0 saturated carbocycles. The minimum atomic E-state index is -0.885. The van der Waals surface area contributed by atoms with Crippen molar-refractivity contribution < 1.29 is 59.2 Å². The summed E-state index contributed by atoms with van der Waals surface area (Å²) in [6.45, 7) is 13.0. The van der Waals surface area contributed by atoms with Gasteiger partial charge in [0.15, 0.2) is 0 Å². The van der Waals surface area contributed by atoms with E-state index < -0.39 is 18.0 Å². The van der Waals surface area contributed by atoms with E-state index in [-0.39, 0.29) is 41.4 Å². The van der Waals surface area contributed by atoms with Crippen molar-refractivity contribution in [3.63, 3.8) is 0 Å². The summed E-state index contributed by atoms with van der Waals surface area (Å²) in [5, 5.41) is 34.3. The number of carboxylic acid groups (broad SMARTS) is 2. The standard InChI is InChI=1S/C16H21NO2.2C8H16O2.Na/c1-12(2)17-10-14(18)11-19-16-9-5-7-13-6-3-4-8-15(13)16;2*1-3-5-7(6-4-2)8(9)10;/h3-9,12,14,17-18H,10-11H2,1-2H3;2*7H,3-6H2,1-2H3,(H,9,10);/q;;;+1/p-1. The molecule has 0 fully saturated rings. The fourth-order valence-corrected chi connectivity index (χ4v) is 4.10. The van der Waals surface area contributed by atoms with Crippen LogP contribution in [-0.2, 0) is 9.59 Å². The van der Waals surface area contributed by atoms with E-state index in [4.69, 9.17) is 9.84 Å². The number of hydrogen-bond donors (Lipinski definition) is 3. The predicted molar refractivity (Wildman–Crippen MR) is 158 cm³/mol.